The quantitative estimate of drug-likeness (QED) is 0.570. The van der Waals surface area contributed by atoms with Crippen molar-refractivity contribution in [2.24, 2.45) is 5.92 Å². The van der Waals surface area contributed by atoms with Gasteiger partial charge in [0.05, 0.1) is 5.92 Å². The normalized spacial score (nSPS) is 18.6. The van der Waals surface area contributed by atoms with Crippen molar-refractivity contribution in [1.29, 1.82) is 0 Å². The Balaban J connectivity index is 1.10. The molecule has 0 aliphatic carbocycles. The van der Waals surface area contributed by atoms with Crippen molar-refractivity contribution in [2.45, 2.75) is 19.5 Å². The summed E-state index contributed by atoms with van der Waals surface area (Å²) in [6.45, 7) is 6.04. The molecular weight excluding hydrogens is 436 g/mol. The van der Waals surface area contributed by atoms with Crippen molar-refractivity contribution in [1.82, 2.24) is 9.80 Å². The van der Waals surface area contributed by atoms with Crippen molar-refractivity contribution in [3.8, 4) is 0 Å². The summed E-state index contributed by atoms with van der Waals surface area (Å²) in [4.78, 5) is 31.9. The Hall–Kier alpha value is -3.64. The Labute approximate surface area is 207 Å². The van der Waals surface area contributed by atoms with Crippen LogP contribution in [-0.2, 0) is 22.7 Å². The fourth-order valence-corrected chi connectivity index (χ4v) is 4.91. The Bertz CT molecular complexity index is 1130. The highest BCUT2D eigenvalue weighted by molar-refractivity contribution is 5.97. The Kier molecular flexibility index (Phi) is 7.09. The highest BCUT2D eigenvalue weighted by Gasteiger charge is 2.34. The van der Waals surface area contributed by atoms with Gasteiger partial charge in [-0.2, -0.15) is 0 Å². The molecule has 2 aliphatic rings. The first-order chi connectivity index (χ1) is 17.1. The average Bonchev–Trinajstić information content (AvgIpc) is 3.26. The molecule has 2 aliphatic heterocycles. The summed E-state index contributed by atoms with van der Waals surface area (Å²) in [5.41, 5.74) is 4.38. The smallest absolute Gasteiger partial charge is 0.229 e. The van der Waals surface area contributed by atoms with Crippen LogP contribution in [0.1, 0.15) is 17.5 Å². The van der Waals surface area contributed by atoms with E-state index in [-0.39, 0.29) is 24.2 Å². The number of carbonyl (C=O) groups is 2. The summed E-state index contributed by atoms with van der Waals surface area (Å²) >= 11 is 0. The lowest BCUT2D eigenvalue weighted by Crippen LogP contribution is -2.45. The van der Waals surface area contributed by atoms with Gasteiger partial charge < -0.3 is 15.1 Å². The SMILES string of the molecule is O=C(Nc1ccc(N2CCN(Cc3ccccc3)CC2)cc1)C1CC(=O)N(Cc2ccccc2)C1. The van der Waals surface area contributed by atoms with Gasteiger partial charge in [0.2, 0.25) is 11.8 Å². The molecule has 0 spiro atoms. The molecule has 3 aromatic rings. The molecule has 1 N–H and O–H groups in total. The van der Waals surface area contributed by atoms with Gasteiger partial charge in [0.15, 0.2) is 0 Å². The summed E-state index contributed by atoms with van der Waals surface area (Å²) in [7, 11) is 0. The van der Waals surface area contributed by atoms with E-state index in [0.29, 0.717) is 13.1 Å². The van der Waals surface area contributed by atoms with Gasteiger partial charge in [-0.25, -0.2) is 0 Å². The van der Waals surface area contributed by atoms with Crippen LogP contribution in [0, 0.1) is 5.92 Å². The number of hydrogen-bond donors (Lipinski definition) is 1. The second-order valence-electron chi connectivity index (χ2n) is 9.45. The third-order valence-electron chi connectivity index (χ3n) is 6.92. The zero-order chi connectivity index (χ0) is 24.0. The van der Waals surface area contributed by atoms with E-state index >= 15 is 0 Å². The highest BCUT2D eigenvalue weighted by Crippen LogP contribution is 2.24. The van der Waals surface area contributed by atoms with Crippen LogP contribution in [0.25, 0.3) is 0 Å². The van der Waals surface area contributed by atoms with Crippen LogP contribution in [-0.4, -0.2) is 54.3 Å². The van der Waals surface area contributed by atoms with E-state index in [1.54, 1.807) is 4.90 Å². The van der Waals surface area contributed by atoms with Crippen molar-refractivity contribution < 1.29 is 9.59 Å². The first kappa shape index (κ1) is 23.1. The van der Waals surface area contributed by atoms with E-state index < -0.39 is 0 Å². The zero-order valence-electron chi connectivity index (χ0n) is 20.0. The summed E-state index contributed by atoms with van der Waals surface area (Å²) in [5.74, 6) is -0.365. The number of anilines is 2. The summed E-state index contributed by atoms with van der Waals surface area (Å²) in [6.07, 6.45) is 0.268. The van der Waals surface area contributed by atoms with Crippen LogP contribution in [0.5, 0.6) is 0 Å². The molecule has 2 fully saturated rings. The van der Waals surface area contributed by atoms with Crippen molar-refractivity contribution in [2.75, 3.05) is 42.9 Å². The predicted octanol–water partition coefficient (Wildman–Crippen LogP) is 4.00. The maximum Gasteiger partial charge on any atom is 0.229 e. The average molecular weight is 469 g/mol. The monoisotopic (exact) mass is 468 g/mol. The molecular formula is C29H32N4O2. The Morgan fingerprint density at radius 1 is 0.771 bits per heavy atom. The number of amides is 2. The molecule has 0 saturated carbocycles. The summed E-state index contributed by atoms with van der Waals surface area (Å²) in [6, 6.07) is 28.6. The summed E-state index contributed by atoms with van der Waals surface area (Å²) < 4.78 is 0. The van der Waals surface area contributed by atoms with Crippen LogP contribution in [0.3, 0.4) is 0 Å². The van der Waals surface area contributed by atoms with Crippen LogP contribution in [0.2, 0.25) is 0 Å². The van der Waals surface area contributed by atoms with Crippen molar-refractivity contribution >= 4 is 23.2 Å². The molecule has 2 saturated heterocycles. The first-order valence-corrected chi connectivity index (χ1v) is 12.4. The molecule has 0 aromatic heterocycles. The number of benzene rings is 3. The summed E-state index contributed by atoms with van der Waals surface area (Å²) in [5, 5.41) is 3.01. The number of piperazine rings is 1. The highest BCUT2D eigenvalue weighted by atomic mass is 16.2. The zero-order valence-corrected chi connectivity index (χ0v) is 20.0. The van der Waals surface area contributed by atoms with E-state index in [1.165, 1.54) is 11.3 Å². The maximum absolute atomic E-state index is 12.8. The molecule has 1 atom stereocenters. The van der Waals surface area contributed by atoms with Gasteiger partial charge in [-0.05, 0) is 35.4 Å². The number of carbonyl (C=O) groups excluding carboxylic acids is 2. The van der Waals surface area contributed by atoms with Gasteiger partial charge in [0, 0.05) is 63.6 Å². The minimum atomic E-state index is -0.316. The van der Waals surface area contributed by atoms with E-state index in [2.05, 4.69) is 57.6 Å². The van der Waals surface area contributed by atoms with Gasteiger partial charge in [-0.15, -0.1) is 0 Å². The number of hydrogen-bond acceptors (Lipinski definition) is 4. The minimum Gasteiger partial charge on any atom is -0.369 e. The predicted molar refractivity (Wildman–Crippen MR) is 139 cm³/mol. The maximum atomic E-state index is 12.8. The van der Waals surface area contributed by atoms with Crippen LogP contribution < -0.4 is 10.2 Å². The van der Waals surface area contributed by atoms with Gasteiger partial charge in [-0.3, -0.25) is 14.5 Å². The Morgan fingerprint density at radius 3 is 2.00 bits per heavy atom. The van der Waals surface area contributed by atoms with E-state index in [9.17, 15) is 9.59 Å². The number of nitrogens with zero attached hydrogens (tertiary/aromatic N) is 3. The standard InChI is InChI=1S/C29H32N4O2/c34-28-19-25(22-33(28)21-24-9-5-2-6-10-24)29(35)30-26-11-13-27(14-12-26)32-17-15-31(16-18-32)20-23-7-3-1-4-8-23/h1-14,25H,15-22H2,(H,30,35). The van der Waals surface area contributed by atoms with Crippen LogP contribution >= 0.6 is 0 Å². The first-order valence-electron chi connectivity index (χ1n) is 12.4. The van der Waals surface area contributed by atoms with Gasteiger partial charge in [-0.1, -0.05) is 60.7 Å². The second kappa shape index (κ2) is 10.7. The minimum absolute atomic E-state index is 0.0377. The van der Waals surface area contributed by atoms with Gasteiger partial charge in [0.1, 0.15) is 0 Å². The molecule has 0 radical (unpaired) electrons. The topological polar surface area (TPSA) is 55.9 Å². The molecule has 5 rings (SSSR count). The molecule has 2 amide bonds. The largest absolute Gasteiger partial charge is 0.369 e. The third kappa shape index (κ3) is 5.89. The van der Waals surface area contributed by atoms with Gasteiger partial charge >= 0.3 is 0 Å². The molecule has 180 valence electrons. The number of nitrogens with one attached hydrogen (secondary N) is 1. The fraction of sp³-hybridized carbons (Fsp3) is 0.310. The molecule has 1 unspecified atom stereocenters. The number of likely N-dealkylation sites (tertiary alicyclic amines) is 1. The molecule has 35 heavy (non-hydrogen) atoms. The van der Waals surface area contributed by atoms with E-state index in [1.807, 2.05) is 42.5 Å². The van der Waals surface area contributed by atoms with Crippen LogP contribution in [0.4, 0.5) is 11.4 Å². The third-order valence-corrected chi connectivity index (χ3v) is 6.92. The van der Waals surface area contributed by atoms with E-state index in [4.69, 9.17) is 0 Å². The van der Waals surface area contributed by atoms with Crippen LogP contribution in [0.15, 0.2) is 84.9 Å². The second-order valence-corrected chi connectivity index (χ2v) is 9.45. The molecule has 2 heterocycles. The van der Waals surface area contributed by atoms with Crippen molar-refractivity contribution in [3.63, 3.8) is 0 Å². The lowest BCUT2D eigenvalue weighted by molar-refractivity contribution is -0.128. The Morgan fingerprint density at radius 2 is 1.37 bits per heavy atom. The fourth-order valence-electron chi connectivity index (χ4n) is 4.91. The lowest BCUT2D eigenvalue weighted by atomic mass is 10.1. The van der Waals surface area contributed by atoms with Gasteiger partial charge in [0.25, 0.3) is 0 Å². The molecule has 6 heteroatoms. The molecule has 6 nitrogen and oxygen atoms in total. The molecule has 0 bridgehead atoms. The number of rotatable bonds is 7. The lowest BCUT2D eigenvalue weighted by Gasteiger charge is -2.36. The van der Waals surface area contributed by atoms with E-state index in [0.717, 1.165) is 44.0 Å². The molecule has 3 aromatic carbocycles. The van der Waals surface area contributed by atoms with Crippen molar-refractivity contribution in [3.05, 3.63) is 96.1 Å².